The maximum atomic E-state index is 9.22. The first kappa shape index (κ1) is 13.5. The standard InChI is InChI=1S/C14H18N2O3/c1-10(17)7-8-14-15-13(16-19-14)9-11-5-3-4-6-12(11)18-2/h3-6,10,17H,7-9H2,1-2H3. The fraction of sp³-hybridized carbons (Fsp3) is 0.429. The van der Waals surface area contributed by atoms with Gasteiger partial charge < -0.3 is 14.4 Å². The van der Waals surface area contributed by atoms with Crippen molar-refractivity contribution in [2.75, 3.05) is 7.11 Å². The van der Waals surface area contributed by atoms with Gasteiger partial charge in [-0.05, 0) is 19.4 Å². The number of aliphatic hydroxyl groups is 1. The van der Waals surface area contributed by atoms with Crippen LogP contribution in [-0.4, -0.2) is 28.5 Å². The molecule has 1 aromatic carbocycles. The van der Waals surface area contributed by atoms with Crippen molar-refractivity contribution in [1.29, 1.82) is 0 Å². The number of nitrogens with zero attached hydrogens (tertiary/aromatic N) is 2. The largest absolute Gasteiger partial charge is 0.496 e. The van der Waals surface area contributed by atoms with Crippen molar-refractivity contribution in [2.24, 2.45) is 0 Å². The molecule has 0 amide bonds. The Morgan fingerprint density at radius 3 is 2.89 bits per heavy atom. The molecule has 1 N–H and O–H groups in total. The zero-order valence-corrected chi connectivity index (χ0v) is 11.2. The van der Waals surface area contributed by atoms with E-state index in [9.17, 15) is 5.11 Å². The van der Waals surface area contributed by atoms with Gasteiger partial charge in [-0.1, -0.05) is 23.4 Å². The van der Waals surface area contributed by atoms with Crippen LogP contribution >= 0.6 is 0 Å². The topological polar surface area (TPSA) is 68.4 Å². The number of hydrogen-bond donors (Lipinski definition) is 1. The summed E-state index contributed by atoms with van der Waals surface area (Å²) in [5.41, 5.74) is 1.02. The lowest BCUT2D eigenvalue weighted by Gasteiger charge is -2.05. The molecule has 0 aliphatic rings. The average Bonchev–Trinajstić information content (AvgIpc) is 2.85. The van der Waals surface area contributed by atoms with Crippen molar-refractivity contribution in [3.63, 3.8) is 0 Å². The smallest absolute Gasteiger partial charge is 0.226 e. The van der Waals surface area contributed by atoms with Crippen LogP contribution in [0.25, 0.3) is 0 Å². The second-order valence-corrected chi connectivity index (χ2v) is 4.48. The van der Waals surface area contributed by atoms with Gasteiger partial charge in [-0.25, -0.2) is 0 Å². The first-order chi connectivity index (χ1) is 9.19. The summed E-state index contributed by atoms with van der Waals surface area (Å²) in [5, 5.41) is 13.2. The third-order valence-corrected chi connectivity index (χ3v) is 2.83. The van der Waals surface area contributed by atoms with E-state index >= 15 is 0 Å². The molecule has 2 rings (SSSR count). The van der Waals surface area contributed by atoms with E-state index in [2.05, 4.69) is 10.1 Å². The Labute approximate surface area is 112 Å². The predicted octanol–water partition coefficient (Wildman–Crippen LogP) is 1.98. The molecule has 5 heteroatoms. The third-order valence-electron chi connectivity index (χ3n) is 2.83. The highest BCUT2D eigenvalue weighted by Gasteiger charge is 2.10. The van der Waals surface area contributed by atoms with E-state index in [-0.39, 0.29) is 6.10 Å². The first-order valence-corrected chi connectivity index (χ1v) is 6.30. The molecule has 0 spiro atoms. The normalized spacial score (nSPS) is 12.4. The van der Waals surface area contributed by atoms with Gasteiger partial charge in [0.25, 0.3) is 0 Å². The van der Waals surface area contributed by atoms with Crippen LogP contribution in [0.4, 0.5) is 0 Å². The summed E-state index contributed by atoms with van der Waals surface area (Å²) in [6.45, 7) is 1.74. The van der Waals surface area contributed by atoms with Crippen molar-refractivity contribution >= 4 is 0 Å². The number of methoxy groups -OCH3 is 1. The minimum absolute atomic E-state index is 0.357. The number of para-hydroxylation sites is 1. The van der Waals surface area contributed by atoms with E-state index < -0.39 is 0 Å². The first-order valence-electron chi connectivity index (χ1n) is 6.30. The van der Waals surface area contributed by atoms with Crippen molar-refractivity contribution in [1.82, 2.24) is 10.1 Å². The molecule has 0 bridgehead atoms. The summed E-state index contributed by atoms with van der Waals surface area (Å²) in [6, 6.07) is 7.76. The van der Waals surface area contributed by atoms with E-state index in [4.69, 9.17) is 9.26 Å². The van der Waals surface area contributed by atoms with Gasteiger partial charge in [0, 0.05) is 18.4 Å². The molecule has 0 saturated carbocycles. The lowest BCUT2D eigenvalue weighted by atomic mass is 10.1. The maximum absolute atomic E-state index is 9.22. The minimum Gasteiger partial charge on any atom is -0.496 e. The van der Waals surface area contributed by atoms with Crippen LogP contribution in [-0.2, 0) is 12.8 Å². The SMILES string of the molecule is COc1ccccc1Cc1noc(CCC(C)O)n1. The van der Waals surface area contributed by atoms with Gasteiger partial charge in [-0.15, -0.1) is 0 Å². The molecule has 1 heterocycles. The van der Waals surface area contributed by atoms with E-state index in [1.165, 1.54) is 0 Å². The highest BCUT2D eigenvalue weighted by Crippen LogP contribution is 2.19. The fourth-order valence-corrected chi connectivity index (χ4v) is 1.82. The Morgan fingerprint density at radius 1 is 1.37 bits per heavy atom. The summed E-state index contributed by atoms with van der Waals surface area (Å²) in [4.78, 5) is 4.31. The van der Waals surface area contributed by atoms with Gasteiger partial charge in [-0.3, -0.25) is 0 Å². The predicted molar refractivity (Wildman–Crippen MR) is 70.1 cm³/mol. The number of rotatable bonds is 6. The zero-order chi connectivity index (χ0) is 13.7. The van der Waals surface area contributed by atoms with Gasteiger partial charge in [0.15, 0.2) is 5.82 Å². The minimum atomic E-state index is -0.357. The van der Waals surface area contributed by atoms with E-state index in [0.29, 0.717) is 31.0 Å². The molecule has 1 atom stereocenters. The molecular formula is C14H18N2O3. The van der Waals surface area contributed by atoms with Crippen molar-refractivity contribution < 1.29 is 14.4 Å². The highest BCUT2D eigenvalue weighted by atomic mass is 16.5. The van der Waals surface area contributed by atoms with E-state index in [0.717, 1.165) is 11.3 Å². The average molecular weight is 262 g/mol. The highest BCUT2D eigenvalue weighted by molar-refractivity contribution is 5.35. The second kappa shape index (κ2) is 6.33. The number of aromatic nitrogens is 2. The molecular weight excluding hydrogens is 244 g/mol. The van der Waals surface area contributed by atoms with Crippen LogP contribution in [0.15, 0.2) is 28.8 Å². The number of aryl methyl sites for hydroxylation is 1. The summed E-state index contributed by atoms with van der Waals surface area (Å²) in [7, 11) is 1.64. The molecule has 0 radical (unpaired) electrons. The third kappa shape index (κ3) is 3.79. The van der Waals surface area contributed by atoms with Gasteiger partial charge in [0.1, 0.15) is 5.75 Å². The Hall–Kier alpha value is -1.88. The summed E-state index contributed by atoms with van der Waals surface area (Å²) in [6.07, 6.45) is 1.43. The van der Waals surface area contributed by atoms with Crippen LogP contribution in [0.2, 0.25) is 0 Å². The molecule has 2 aromatic rings. The Balaban J connectivity index is 2.03. The van der Waals surface area contributed by atoms with Gasteiger partial charge >= 0.3 is 0 Å². The molecule has 1 aromatic heterocycles. The summed E-state index contributed by atoms with van der Waals surface area (Å²) >= 11 is 0. The molecule has 19 heavy (non-hydrogen) atoms. The number of hydrogen-bond acceptors (Lipinski definition) is 5. The molecule has 102 valence electrons. The molecule has 0 saturated heterocycles. The number of aliphatic hydroxyl groups excluding tert-OH is 1. The van der Waals surface area contributed by atoms with Gasteiger partial charge in [-0.2, -0.15) is 4.98 Å². The summed E-state index contributed by atoms with van der Waals surface area (Å²) in [5.74, 6) is 2.01. The van der Waals surface area contributed by atoms with Crippen LogP contribution in [0.1, 0.15) is 30.6 Å². The molecule has 0 aliphatic carbocycles. The molecule has 5 nitrogen and oxygen atoms in total. The Kier molecular flexibility index (Phi) is 4.52. The lowest BCUT2D eigenvalue weighted by Crippen LogP contribution is -2.01. The van der Waals surface area contributed by atoms with Crippen molar-refractivity contribution in [3.05, 3.63) is 41.5 Å². The monoisotopic (exact) mass is 262 g/mol. The zero-order valence-electron chi connectivity index (χ0n) is 11.2. The van der Waals surface area contributed by atoms with Crippen molar-refractivity contribution in [3.8, 4) is 5.75 Å². The number of ether oxygens (including phenoxy) is 1. The lowest BCUT2D eigenvalue weighted by molar-refractivity contribution is 0.180. The molecule has 0 aliphatic heterocycles. The van der Waals surface area contributed by atoms with Crippen LogP contribution in [0, 0.1) is 0 Å². The van der Waals surface area contributed by atoms with Gasteiger partial charge in [0.2, 0.25) is 5.89 Å². The Bertz CT molecular complexity index is 523. The van der Waals surface area contributed by atoms with Gasteiger partial charge in [0.05, 0.1) is 13.2 Å². The quantitative estimate of drug-likeness (QED) is 0.862. The molecule has 0 fully saturated rings. The number of benzene rings is 1. The fourth-order valence-electron chi connectivity index (χ4n) is 1.82. The van der Waals surface area contributed by atoms with Crippen LogP contribution in [0.3, 0.4) is 0 Å². The Morgan fingerprint density at radius 2 is 2.16 bits per heavy atom. The van der Waals surface area contributed by atoms with Crippen LogP contribution < -0.4 is 4.74 Å². The van der Waals surface area contributed by atoms with Crippen LogP contribution in [0.5, 0.6) is 5.75 Å². The van der Waals surface area contributed by atoms with Crippen molar-refractivity contribution in [2.45, 2.75) is 32.3 Å². The maximum Gasteiger partial charge on any atom is 0.226 e. The van der Waals surface area contributed by atoms with E-state index in [1.807, 2.05) is 24.3 Å². The van der Waals surface area contributed by atoms with E-state index in [1.54, 1.807) is 14.0 Å². The second-order valence-electron chi connectivity index (χ2n) is 4.48. The summed E-state index contributed by atoms with van der Waals surface area (Å²) < 4.78 is 10.4. The molecule has 1 unspecified atom stereocenters.